The van der Waals surface area contributed by atoms with Gasteiger partial charge in [0.1, 0.15) is 13.2 Å². The number of hydrogen-bond donors (Lipinski definition) is 1. The van der Waals surface area contributed by atoms with Crippen LogP contribution in [0.4, 0.5) is 0 Å². The Kier molecular flexibility index (Phi) is 3.81. The van der Waals surface area contributed by atoms with Crippen molar-refractivity contribution in [3.63, 3.8) is 0 Å². The van der Waals surface area contributed by atoms with Crippen LogP contribution in [0, 0.1) is 5.92 Å². The molecule has 7 heteroatoms. The molecule has 0 spiro atoms. The zero-order chi connectivity index (χ0) is 15.0. The summed E-state index contributed by atoms with van der Waals surface area (Å²) in [5, 5.41) is 0. The quantitative estimate of drug-likeness (QED) is 0.890. The van der Waals surface area contributed by atoms with Crippen molar-refractivity contribution in [1.29, 1.82) is 0 Å². The molecule has 116 valence electrons. The highest BCUT2D eigenvalue weighted by molar-refractivity contribution is 7.89. The molecule has 3 rings (SSSR count). The highest BCUT2D eigenvalue weighted by Gasteiger charge is 2.31. The predicted octanol–water partition coefficient (Wildman–Crippen LogP) is 0.816. The number of nitrogens with zero attached hydrogens (tertiary/aromatic N) is 1. The summed E-state index contributed by atoms with van der Waals surface area (Å²) in [6, 6.07) is 4.97. The van der Waals surface area contributed by atoms with E-state index < -0.39 is 10.0 Å². The van der Waals surface area contributed by atoms with E-state index in [4.69, 9.17) is 15.2 Å². The average molecular weight is 312 g/mol. The van der Waals surface area contributed by atoms with Gasteiger partial charge in [0.05, 0.1) is 4.90 Å². The Morgan fingerprint density at radius 2 is 1.90 bits per heavy atom. The van der Waals surface area contributed by atoms with Gasteiger partial charge in [-0.2, -0.15) is 0 Å². The first-order valence-corrected chi connectivity index (χ1v) is 8.52. The first-order chi connectivity index (χ1) is 9.96. The second kappa shape index (κ2) is 5.47. The van der Waals surface area contributed by atoms with Gasteiger partial charge in [0, 0.05) is 25.7 Å². The van der Waals surface area contributed by atoms with Crippen molar-refractivity contribution in [3.05, 3.63) is 18.2 Å². The summed E-state index contributed by atoms with van der Waals surface area (Å²) < 4.78 is 37.4. The maximum atomic E-state index is 12.6. The molecular weight excluding hydrogens is 292 g/mol. The van der Waals surface area contributed by atoms with Crippen LogP contribution < -0.4 is 15.2 Å². The van der Waals surface area contributed by atoms with E-state index in [1.807, 2.05) is 0 Å². The van der Waals surface area contributed by atoms with Crippen molar-refractivity contribution in [1.82, 2.24) is 4.31 Å². The second-order valence-corrected chi connectivity index (χ2v) is 7.73. The third-order valence-electron chi connectivity index (χ3n) is 4.01. The lowest BCUT2D eigenvalue weighted by molar-refractivity contribution is 0.171. The molecule has 1 aromatic carbocycles. The molecular formula is C14H20N2O4S. The van der Waals surface area contributed by atoms with Gasteiger partial charge >= 0.3 is 0 Å². The number of hydrogen-bond acceptors (Lipinski definition) is 5. The summed E-state index contributed by atoms with van der Waals surface area (Å²) in [4.78, 5) is 0.234. The minimum atomic E-state index is -3.50. The maximum absolute atomic E-state index is 12.6. The Labute approximate surface area is 124 Å². The Morgan fingerprint density at radius 1 is 1.24 bits per heavy atom. The monoisotopic (exact) mass is 312 g/mol. The molecule has 1 saturated carbocycles. The lowest BCUT2D eigenvalue weighted by atomic mass is 9.81. The van der Waals surface area contributed by atoms with Gasteiger partial charge in [0.15, 0.2) is 11.5 Å². The molecule has 1 fully saturated rings. The molecule has 21 heavy (non-hydrogen) atoms. The highest BCUT2D eigenvalue weighted by atomic mass is 32.2. The fraction of sp³-hybridized carbons (Fsp3) is 0.571. The third-order valence-corrected chi connectivity index (χ3v) is 5.83. The molecule has 2 aliphatic rings. The SMILES string of the molecule is CN(CC1CC(N)C1)S(=O)(=O)c1ccc2c(c1)OCCO2. The van der Waals surface area contributed by atoms with Crippen molar-refractivity contribution in [2.24, 2.45) is 11.7 Å². The molecule has 1 aromatic rings. The molecule has 0 saturated heterocycles. The summed E-state index contributed by atoms with van der Waals surface area (Å²) in [6.07, 6.45) is 1.78. The van der Waals surface area contributed by atoms with Gasteiger partial charge in [-0.05, 0) is 30.9 Å². The van der Waals surface area contributed by atoms with Gasteiger partial charge in [-0.1, -0.05) is 0 Å². The van der Waals surface area contributed by atoms with E-state index in [2.05, 4.69) is 0 Å². The van der Waals surface area contributed by atoms with Gasteiger partial charge < -0.3 is 15.2 Å². The molecule has 0 bridgehead atoms. The molecule has 0 unspecified atom stereocenters. The number of rotatable bonds is 4. The molecule has 6 nitrogen and oxygen atoms in total. The van der Waals surface area contributed by atoms with E-state index in [1.165, 1.54) is 10.4 Å². The molecule has 0 radical (unpaired) electrons. The fourth-order valence-corrected chi connectivity index (χ4v) is 4.03. The molecule has 0 atom stereocenters. The largest absolute Gasteiger partial charge is 0.486 e. The van der Waals surface area contributed by atoms with Crippen LogP contribution in [0.3, 0.4) is 0 Å². The van der Waals surface area contributed by atoms with Crippen LogP contribution in [-0.2, 0) is 10.0 Å². The van der Waals surface area contributed by atoms with E-state index in [0.717, 1.165) is 12.8 Å². The number of sulfonamides is 1. The zero-order valence-electron chi connectivity index (χ0n) is 12.0. The van der Waals surface area contributed by atoms with E-state index in [9.17, 15) is 8.42 Å². The minimum Gasteiger partial charge on any atom is -0.486 e. The smallest absolute Gasteiger partial charge is 0.242 e. The molecule has 1 aliphatic carbocycles. The first kappa shape index (κ1) is 14.6. The van der Waals surface area contributed by atoms with Crippen LogP contribution >= 0.6 is 0 Å². The molecule has 0 aromatic heterocycles. The number of fused-ring (bicyclic) bond motifs is 1. The summed E-state index contributed by atoms with van der Waals surface area (Å²) >= 11 is 0. The Hall–Kier alpha value is -1.31. The topological polar surface area (TPSA) is 81.9 Å². The van der Waals surface area contributed by atoms with Gasteiger partial charge in [-0.3, -0.25) is 0 Å². The van der Waals surface area contributed by atoms with Crippen LogP contribution in [0.15, 0.2) is 23.1 Å². The second-order valence-electron chi connectivity index (χ2n) is 5.69. The molecule has 2 N–H and O–H groups in total. The predicted molar refractivity (Wildman–Crippen MR) is 77.9 cm³/mol. The lowest BCUT2D eigenvalue weighted by Crippen LogP contribution is -2.43. The lowest BCUT2D eigenvalue weighted by Gasteiger charge is -2.35. The van der Waals surface area contributed by atoms with Gasteiger partial charge in [-0.25, -0.2) is 12.7 Å². The first-order valence-electron chi connectivity index (χ1n) is 7.08. The maximum Gasteiger partial charge on any atom is 0.242 e. The summed E-state index contributed by atoms with van der Waals surface area (Å²) in [5.74, 6) is 1.44. The van der Waals surface area contributed by atoms with E-state index in [0.29, 0.717) is 37.2 Å². The fourth-order valence-electron chi connectivity index (χ4n) is 2.76. The third kappa shape index (κ3) is 2.86. The zero-order valence-corrected chi connectivity index (χ0v) is 12.8. The van der Waals surface area contributed by atoms with Crippen LogP contribution in [0.25, 0.3) is 0 Å². The Morgan fingerprint density at radius 3 is 2.57 bits per heavy atom. The normalized spacial score (nSPS) is 24.7. The minimum absolute atomic E-state index is 0.223. The molecule has 1 heterocycles. The Balaban J connectivity index is 1.77. The van der Waals surface area contributed by atoms with Crippen molar-refractivity contribution in [2.45, 2.75) is 23.8 Å². The summed E-state index contributed by atoms with van der Waals surface area (Å²) in [5.41, 5.74) is 5.74. The van der Waals surface area contributed by atoms with Crippen LogP contribution in [-0.4, -0.2) is 45.6 Å². The standard InChI is InChI=1S/C14H20N2O4S/c1-16(9-10-6-11(15)7-10)21(17,18)12-2-3-13-14(8-12)20-5-4-19-13/h2-3,8,10-11H,4-7,9,15H2,1H3. The van der Waals surface area contributed by atoms with E-state index >= 15 is 0 Å². The average Bonchev–Trinajstić information content (AvgIpc) is 2.45. The van der Waals surface area contributed by atoms with Gasteiger partial charge in [0.25, 0.3) is 0 Å². The van der Waals surface area contributed by atoms with Crippen molar-refractivity contribution in [2.75, 3.05) is 26.8 Å². The number of ether oxygens (including phenoxy) is 2. The Bertz CT molecular complexity index is 626. The van der Waals surface area contributed by atoms with Crippen LogP contribution in [0.5, 0.6) is 11.5 Å². The molecule has 1 aliphatic heterocycles. The molecule has 0 amide bonds. The summed E-state index contributed by atoms with van der Waals surface area (Å²) in [6.45, 7) is 1.43. The van der Waals surface area contributed by atoms with Gasteiger partial charge in [-0.15, -0.1) is 0 Å². The van der Waals surface area contributed by atoms with E-state index in [-0.39, 0.29) is 10.9 Å². The van der Waals surface area contributed by atoms with Crippen molar-refractivity contribution < 1.29 is 17.9 Å². The highest BCUT2D eigenvalue weighted by Crippen LogP contribution is 2.34. The van der Waals surface area contributed by atoms with Gasteiger partial charge in [0.2, 0.25) is 10.0 Å². The van der Waals surface area contributed by atoms with E-state index in [1.54, 1.807) is 19.2 Å². The van der Waals surface area contributed by atoms with Crippen LogP contribution in [0.1, 0.15) is 12.8 Å². The number of benzene rings is 1. The van der Waals surface area contributed by atoms with Crippen LogP contribution in [0.2, 0.25) is 0 Å². The van der Waals surface area contributed by atoms with Crippen molar-refractivity contribution in [3.8, 4) is 11.5 Å². The van der Waals surface area contributed by atoms with Crippen molar-refractivity contribution >= 4 is 10.0 Å². The number of nitrogens with two attached hydrogens (primary N) is 1. The summed E-state index contributed by atoms with van der Waals surface area (Å²) in [7, 11) is -1.90.